The van der Waals surface area contributed by atoms with Crippen molar-refractivity contribution in [3.05, 3.63) is 89.4 Å². The van der Waals surface area contributed by atoms with Crippen molar-refractivity contribution >= 4 is 17.7 Å². The van der Waals surface area contributed by atoms with E-state index in [0.29, 0.717) is 17.9 Å². The molecule has 2 aromatic heterocycles. The van der Waals surface area contributed by atoms with E-state index in [1.54, 1.807) is 30.2 Å². The van der Waals surface area contributed by atoms with Gasteiger partial charge in [-0.3, -0.25) is 9.36 Å². The first-order valence-corrected chi connectivity index (χ1v) is 11.4. The second-order valence-corrected chi connectivity index (χ2v) is 9.59. The molecule has 4 rings (SSSR count). The molecule has 2 heterocycles. The van der Waals surface area contributed by atoms with Crippen LogP contribution in [0.15, 0.2) is 76.5 Å². The van der Waals surface area contributed by atoms with Gasteiger partial charge >= 0.3 is 0 Å². The number of thioether (sulfide) groups is 1. The molecule has 7 heteroatoms. The lowest BCUT2D eigenvalue weighted by Crippen LogP contribution is -2.10. The highest BCUT2D eigenvalue weighted by Crippen LogP contribution is 2.29. The van der Waals surface area contributed by atoms with Crippen LogP contribution in [0, 0.1) is 0 Å². The Kier molecular flexibility index (Phi) is 6.19. The molecule has 0 saturated carbocycles. The molecule has 164 valence electrons. The van der Waals surface area contributed by atoms with E-state index in [1.807, 2.05) is 24.3 Å². The van der Waals surface area contributed by atoms with Crippen LogP contribution >= 0.6 is 11.8 Å². The maximum atomic E-state index is 11.3. The average Bonchev–Trinajstić information content (AvgIpc) is 3.42. The Labute approximate surface area is 191 Å². The van der Waals surface area contributed by atoms with E-state index in [-0.39, 0.29) is 5.41 Å². The summed E-state index contributed by atoms with van der Waals surface area (Å²) in [6.45, 7) is 7.14. The van der Waals surface area contributed by atoms with Gasteiger partial charge in [-0.15, -0.1) is 10.2 Å². The summed E-state index contributed by atoms with van der Waals surface area (Å²) in [6, 6.07) is 19.6. The lowest BCUT2D eigenvalue weighted by atomic mass is 9.87. The monoisotopic (exact) mass is 446 g/mol. The third-order valence-electron chi connectivity index (χ3n) is 5.23. The Hall–Kier alpha value is -3.32. The number of amides is 1. The van der Waals surface area contributed by atoms with Crippen molar-refractivity contribution in [2.75, 3.05) is 0 Å². The van der Waals surface area contributed by atoms with Gasteiger partial charge in [0.15, 0.2) is 11.0 Å². The van der Waals surface area contributed by atoms with Gasteiger partial charge in [0.05, 0.1) is 12.8 Å². The van der Waals surface area contributed by atoms with Crippen LogP contribution in [0.5, 0.6) is 0 Å². The number of hydrogen-bond donors (Lipinski definition) is 1. The Morgan fingerprint density at radius 3 is 2.34 bits per heavy atom. The number of carbonyl (C=O) groups is 1. The fourth-order valence-corrected chi connectivity index (χ4v) is 4.24. The van der Waals surface area contributed by atoms with Crippen LogP contribution in [0.3, 0.4) is 0 Å². The van der Waals surface area contributed by atoms with E-state index in [2.05, 4.69) is 59.8 Å². The molecule has 0 aliphatic carbocycles. The average molecular weight is 447 g/mol. The minimum absolute atomic E-state index is 0.0887. The van der Waals surface area contributed by atoms with Crippen molar-refractivity contribution in [2.24, 2.45) is 5.73 Å². The minimum atomic E-state index is -0.426. The van der Waals surface area contributed by atoms with Gasteiger partial charge in [-0.05, 0) is 40.8 Å². The molecule has 6 nitrogen and oxygen atoms in total. The van der Waals surface area contributed by atoms with Crippen LogP contribution < -0.4 is 5.73 Å². The number of nitrogens with zero attached hydrogens (tertiary/aromatic N) is 3. The molecule has 0 atom stereocenters. The number of primary amides is 1. The molecule has 0 aliphatic heterocycles. The summed E-state index contributed by atoms with van der Waals surface area (Å²) in [5.41, 5.74) is 9.27. The first-order valence-electron chi connectivity index (χ1n) is 10.4. The normalized spacial score (nSPS) is 11.6. The zero-order chi connectivity index (χ0) is 22.7. The highest BCUT2D eigenvalue weighted by atomic mass is 32.2. The van der Waals surface area contributed by atoms with Crippen LogP contribution in [0.25, 0.3) is 11.4 Å². The summed E-state index contributed by atoms with van der Waals surface area (Å²) < 4.78 is 7.66. The van der Waals surface area contributed by atoms with Gasteiger partial charge in [0.1, 0.15) is 5.76 Å². The second-order valence-electron chi connectivity index (χ2n) is 8.65. The molecule has 0 aliphatic rings. The molecule has 1 amide bonds. The number of carbonyl (C=O) groups excluding carboxylic acids is 1. The Bertz CT molecular complexity index is 1190. The van der Waals surface area contributed by atoms with E-state index in [9.17, 15) is 4.79 Å². The van der Waals surface area contributed by atoms with Crippen molar-refractivity contribution in [3.8, 4) is 11.4 Å². The molecule has 32 heavy (non-hydrogen) atoms. The van der Waals surface area contributed by atoms with Gasteiger partial charge in [-0.2, -0.15) is 0 Å². The number of aromatic nitrogens is 3. The van der Waals surface area contributed by atoms with Crippen molar-refractivity contribution in [1.82, 2.24) is 14.8 Å². The van der Waals surface area contributed by atoms with Crippen molar-refractivity contribution < 1.29 is 9.21 Å². The topological polar surface area (TPSA) is 86.9 Å². The van der Waals surface area contributed by atoms with Gasteiger partial charge < -0.3 is 10.2 Å². The highest BCUT2D eigenvalue weighted by molar-refractivity contribution is 7.98. The molecule has 0 radical (unpaired) electrons. The molecular weight excluding hydrogens is 420 g/mol. The Balaban J connectivity index is 1.61. The summed E-state index contributed by atoms with van der Waals surface area (Å²) in [5.74, 6) is 1.90. The van der Waals surface area contributed by atoms with Crippen LogP contribution in [0.1, 0.15) is 48.0 Å². The van der Waals surface area contributed by atoms with Crippen molar-refractivity contribution in [2.45, 2.75) is 43.6 Å². The summed E-state index contributed by atoms with van der Waals surface area (Å²) in [5, 5.41) is 9.76. The predicted molar refractivity (Wildman–Crippen MR) is 126 cm³/mol. The first-order chi connectivity index (χ1) is 15.3. The summed E-state index contributed by atoms with van der Waals surface area (Å²) in [7, 11) is 0. The lowest BCUT2D eigenvalue weighted by Gasteiger charge is -2.19. The van der Waals surface area contributed by atoms with Crippen molar-refractivity contribution in [3.63, 3.8) is 0 Å². The Morgan fingerprint density at radius 2 is 1.75 bits per heavy atom. The molecule has 2 N–H and O–H groups in total. The number of benzene rings is 2. The fourth-order valence-electron chi connectivity index (χ4n) is 3.34. The molecule has 0 fully saturated rings. The molecule has 4 aromatic rings. The second kappa shape index (κ2) is 9.04. The number of rotatable bonds is 7. The summed E-state index contributed by atoms with van der Waals surface area (Å²) in [6.07, 6.45) is 1.67. The fraction of sp³-hybridized carbons (Fsp3) is 0.240. The van der Waals surface area contributed by atoms with Gasteiger partial charge in [0.2, 0.25) is 5.91 Å². The quantitative estimate of drug-likeness (QED) is 0.391. The largest absolute Gasteiger partial charge is 0.467 e. The van der Waals surface area contributed by atoms with E-state index < -0.39 is 5.91 Å². The third kappa shape index (κ3) is 4.94. The molecule has 0 unspecified atom stereocenters. The molecular formula is C25H26N4O2S. The van der Waals surface area contributed by atoms with E-state index >= 15 is 0 Å². The zero-order valence-electron chi connectivity index (χ0n) is 18.4. The predicted octanol–water partition coefficient (Wildman–Crippen LogP) is 5.28. The van der Waals surface area contributed by atoms with Crippen LogP contribution in [-0.4, -0.2) is 20.7 Å². The van der Waals surface area contributed by atoms with Crippen molar-refractivity contribution in [1.29, 1.82) is 0 Å². The molecule has 2 aromatic carbocycles. The molecule has 0 spiro atoms. The summed E-state index contributed by atoms with van der Waals surface area (Å²) >= 11 is 1.59. The smallest absolute Gasteiger partial charge is 0.248 e. The summed E-state index contributed by atoms with van der Waals surface area (Å²) in [4.78, 5) is 11.3. The van der Waals surface area contributed by atoms with Crippen LogP contribution in [-0.2, 0) is 17.7 Å². The molecule has 0 bridgehead atoms. The first kappa shape index (κ1) is 21.9. The van der Waals surface area contributed by atoms with Crippen LogP contribution in [0.4, 0.5) is 0 Å². The molecule has 0 saturated heterocycles. The van der Waals surface area contributed by atoms with Crippen LogP contribution in [0.2, 0.25) is 0 Å². The van der Waals surface area contributed by atoms with Gasteiger partial charge in [0, 0.05) is 16.9 Å². The maximum Gasteiger partial charge on any atom is 0.248 e. The van der Waals surface area contributed by atoms with Gasteiger partial charge in [-0.25, -0.2) is 0 Å². The Morgan fingerprint density at radius 1 is 1.03 bits per heavy atom. The lowest BCUT2D eigenvalue weighted by molar-refractivity contribution is 0.100. The highest BCUT2D eigenvalue weighted by Gasteiger charge is 2.18. The zero-order valence-corrected chi connectivity index (χ0v) is 19.2. The maximum absolute atomic E-state index is 11.3. The van der Waals surface area contributed by atoms with Gasteiger partial charge in [0.25, 0.3) is 0 Å². The minimum Gasteiger partial charge on any atom is -0.467 e. The van der Waals surface area contributed by atoms with E-state index in [0.717, 1.165) is 27.9 Å². The van der Waals surface area contributed by atoms with E-state index in [1.165, 1.54) is 5.56 Å². The SMILES string of the molecule is CC(C)(C)c1ccc(-c2nnc(SCc3ccc(C(N)=O)cc3)n2Cc2ccco2)cc1. The standard InChI is InChI=1S/C25H26N4O2S/c1-25(2,3)20-12-10-19(11-13-20)23-27-28-24(29(23)15-21-5-4-14-31-21)32-16-17-6-8-18(9-7-17)22(26)30/h4-14H,15-16H2,1-3H3,(H2,26,30). The number of hydrogen-bond acceptors (Lipinski definition) is 5. The van der Waals surface area contributed by atoms with Gasteiger partial charge in [-0.1, -0.05) is 68.9 Å². The number of furan rings is 1. The van der Waals surface area contributed by atoms with E-state index in [4.69, 9.17) is 10.2 Å². The number of nitrogens with two attached hydrogens (primary N) is 1. The third-order valence-corrected chi connectivity index (χ3v) is 6.26.